The van der Waals surface area contributed by atoms with E-state index in [1.165, 1.54) is 6.08 Å². The van der Waals surface area contributed by atoms with Crippen molar-refractivity contribution < 1.29 is 9.53 Å². The number of rotatable bonds is 7. The molecule has 2 fully saturated rings. The number of carbonyl (C=O) groups excluding carboxylic acids is 1. The predicted molar refractivity (Wildman–Crippen MR) is 166 cm³/mol. The van der Waals surface area contributed by atoms with Gasteiger partial charge >= 0.3 is 0 Å². The highest BCUT2D eigenvalue weighted by Crippen LogP contribution is 2.36. The Morgan fingerprint density at radius 1 is 1.14 bits per heavy atom. The first-order valence-electron chi connectivity index (χ1n) is 14.6. The van der Waals surface area contributed by atoms with Crippen molar-refractivity contribution in [1.29, 1.82) is 10.5 Å². The Kier molecular flexibility index (Phi) is 7.91. The van der Waals surface area contributed by atoms with Gasteiger partial charge < -0.3 is 19.4 Å². The molecule has 2 aliphatic rings. The lowest BCUT2D eigenvalue weighted by molar-refractivity contribution is -0.128. The van der Waals surface area contributed by atoms with E-state index in [4.69, 9.17) is 14.7 Å². The third-order valence-electron chi connectivity index (χ3n) is 8.64. The van der Waals surface area contributed by atoms with Crippen LogP contribution in [0.25, 0.3) is 32.9 Å². The highest BCUT2D eigenvalue weighted by Gasteiger charge is 2.31. The zero-order valence-corrected chi connectivity index (χ0v) is 24.2. The summed E-state index contributed by atoms with van der Waals surface area (Å²) in [6.45, 7) is 6.75. The number of fused-ring (bicyclic) bond motifs is 2. The van der Waals surface area contributed by atoms with Crippen LogP contribution in [0.15, 0.2) is 67.4 Å². The van der Waals surface area contributed by atoms with E-state index >= 15 is 0 Å². The fourth-order valence-electron chi connectivity index (χ4n) is 6.34. The molecular weight excluding hydrogens is 538 g/mol. The zero-order chi connectivity index (χ0) is 29.9. The molecule has 1 unspecified atom stereocenters. The van der Waals surface area contributed by atoms with Gasteiger partial charge in [0, 0.05) is 48.9 Å². The standard InChI is InChI=1S/C34H33N7O2/c1-3-32(42)41-16-15-40(21-26(41)12-13-35)30-18-31(43-22-27-10-6-14-39(27)2)38-29-17-25(20-37-34(29)30)28-11-5-8-23-7-4-9-24(19-36)33(23)28/h3-5,7-9,11,17-18,20,26-27H,1,6,10,12,14-16,21-22H2,2H3/t26?,27-/m0/s1. The molecule has 0 spiro atoms. The first kappa shape index (κ1) is 28.1. The molecule has 1 amide bonds. The average Bonchev–Trinajstić information content (AvgIpc) is 3.46. The molecule has 43 heavy (non-hydrogen) atoms. The number of likely N-dealkylation sites (N-methyl/N-ethyl adjacent to an activating group) is 1. The molecule has 9 nitrogen and oxygen atoms in total. The molecule has 0 aliphatic carbocycles. The quantitative estimate of drug-likeness (QED) is 0.288. The summed E-state index contributed by atoms with van der Waals surface area (Å²) < 4.78 is 6.32. The molecule has 216 valence electrons. The first-order chi connectivity index (χ1) is 21.0. The third-order valence-corrected chi connectivity index (χ3v) is 8.64. The number of pyridine rings is 2. The molecule has 2 aromatic heterocycles. The van der Waals surface area contributed by atoms with Crippen LogP contribution in [0.4, 0.5) is 5.69 Å². The maximum absolute atomic E-state index is 12.5. The van der Waals surface area contributed by atoms with E-state index in [9.17, 15) is 15.3 Å². The molecule has 0 radical (unpaired) electrons. The van der Waals surface area contributed by atoms with E-state index in [1.54, 1.807) is 4.90 Å². The van der Waals surface area contributed by atoms with E-state index < -0.39 is 0 Å². The van der Waals surface area contributed by atoms with Gasteiger partial charge in [0.05, 0.1) is 41.4 Å². The van der Waals surface area contributed by atoms with Crippen LogP contribution in [0.1, 0.15) is 24.8 Å². The largest absolute Gasteiger partial charge is 0.476 e. The summed E-state index contributed by atoms with van der Waals surface area (Å²) in [5.74, 6) is 0.345. The van der Waals surface area contributed by atoms with Gasteiger partial charge in [-0.2, -0.15) is 10.5 Å². The number of nitriles is 2. The summed E-state index contributed by atoms with van der Waals surface area (Å²) in [5, 5.41) is 21.2. The van der Waals surface area contributed by atoms with Crippen molar-refractivity contribution in [3.63, 3.8) is 0 Å². The van der Waals surface area contributed by atoms with E-state index in [-0.39, 0.29) is 18.4 Å². The molecule has 2 saturated heterocycles. The minimum atomic E-state index is -0.275. The topological polar surface area (TPSA) is 109 Å². The number of amides is 1. The minimum absolute atomic E-state index is 0.168. The SMILES string of the molecule is C=CC(=O)N1CCN(c2cc(OC[C@@H]3CCCN3C)nc3cc(-c4cccc5cccc(C#N)c45)cnc23)CC1CC#N. The number of carbonyl (C=O) groups is 1. The molecule has 4 heterocycles. The van der Waals surface area contributed by atoms with E-state index in [0.717, 1.165) is 47.0 Å². The zero-order valence-electron chi connectivity index (χ0n) is 24.2. The van der Waals surface area contributed by atoms with Crippen LogP contribution in [-0.2, 0) is 4.79 Å². The number of hydrogen-bond donors (Lipinski definition) is 0. The second-order valence-electron chi connectivity index (χ2n) is 11.2. The van der Waals surface area contributed by atoms with Gasteiger partial charge in [0.2, 0.25) is 11.8 Å². The lowest BCUT2D eigenvalue weighted by atomic mass is 9.95. The summed E-state index contributed by atoms with van der Waals surface area (Å²) in [7, 11) is 2.12. The van der Waals surface area contributed by atoms with Crippen molar-refractivity contribution in [2.24, 2.45) is 0 Å². The monoisotopic (exact) mass is 571 g/mol. The van der Waals surface area contributed by atoms with Gasteiger partial charge in [0.1, 0.15) is 12.1 Å². The Morgan fingerprint density at radius 2 is 1.98 bits per heavy atom. The Bertz CT molecular complexity index is 1780. The Labute approximate surface area is 251 Å². The van der Waals surface area contributed by atoms with Crippen LogP contribution >= 0.6 is 0 Å². The Morgan fingerprint density at radius 3 is 2.72 bits per heavy atom. The van der Waals surface area contributed by atoms with E-state index in [1.807, 2.05) is 54.7 Å². The van der Waals surface area contributed by atoms with Crippen LogP contribution in [0.2, 0.25) is 0 Å². The second kappa shape index (κ2) is 12.1. The van der Waals surface area contributed by atoms with Crippen molar-refractivity contribution in [2.45, 2.75) is 31.3 Å². The molecule has 0 bridgehead atoms. The molecule has 9 heteroatoms. The minimum Gasteiger partial charge on any atom is -0.476 e. The lowest BCUT2D eigenvalue weighted by Gasteiger charge is -2.41. The molecule has 4 aromatic rings. The van der Waals surface area contributed by atoms with Crippen molar-refractivity contribution in [1.82, 2.24) is 19.8 Å². The highest BCUT2D eigenvalue weighted by molar-refractivity contribution is 6.02. The summed E-state index contributed by atoms with van der Waals surface area (Å²) in [6.07, 6.45) is 5.59. The third kappa shape index (κ3) is 5.48. The summed E-state index contributed by atoms with van der Waals surface area (Å²) in [6, 6.07) is 20.3. The number of nitrogens with zero attached hydrogens (tertiary/aromatic N) is 7. The Hall–Kier alpha value is -4.99. The summed E-state index contributed by atoms with van der Waals surface area (Å²) in [5.41, 5.74) is 4.63. The lowest BCUT2D eigenvalue weighted by Crippen LogP contribution is -2.55. The average molecular weight is 572 g/mol. The van der Waals surface area contributed by atoms with Gasteiger partial charge in [0.15, 0.2) is 0 Å². The van der Waals surface area contributed by atoms with Crippen LogP contribution in [0.5, 0.6) is 5.88 Å². The van der Waals surface area contributed by atoms with Crippen LogP contribution in [-0.4, -0.2) is 77.6 Å². The van der Waals surface area contributed by atoms with E-state index in [2.05, 4.69) is 35.6 Å². The maximum atomic E-state index is 12.5. The van der Waals surface area contributed by atoms with Gasteiger partial charge in [0.25, 0.3) is 0 Å². The summed E-state index contributed by atoms with van der Waals surface area (Å²) in [4.78, 5) is 28.6. The van der Waals surface area contributed by atoms with E-state index in [0.29, 0.717) is 54.8 Å². The number of hydrogen-bond acceptors (Lipinski definition) is 8. The fraction of sp³-hybridized carbons (Fsp3) is 0.324. The molecule has 2 atom stereocenters. The van der Waals surface area contributed by atoms with Gasteiger partial charge in [-0.1, -0.05) is 36.9 Å². The number of likely N-dealkylation sites (tertiary alicyclic amines) is 1. The molecule has 0 N–H and O–H groups in total. The summed E-state index contributed by atoms with van der Waals surface area (Å²) >= 11 is 0. The smallest absolute Gasteiger partial charge is 0.246 e. The number of aromatic nitrogens is 2. The van der Waals surface area contributed by atoms with Crippen LogP contribution in [0, 0.1) is 22.7 Å². The van der Waals surface area contributed by atoms with Crippen molar-refractivity contribution in [3.05, 3.63) is 72.9 Å². The first-order valence-corrected chi connectivity index (χ1v) is 14.6. The number of anilines is 1. The van der Waals surface area contributed by atoms with Gasteiger partial charge in [-0.15, -0.1) is 0 Å². The molecular formula is C34H33N7O2. The van der Waals surface area contributed by atoms with Gasteiger partial charge in [-0.3, -0.25) is 9.78 Å². The van der Waals surface area contributed by atoms with Crippen LogP contribution < -0.4 is 9.64 Å². The second-order valence-corrected chi connectivity index (χ2v) is 11.2. The predicted octanol–water partition coefficient (Wildman–Crippen LogP) is 4.91. The molecule has 2 aromatic carbocycles. The maximum Gasteiger partial charge on any atom is 0.246 e. The van der Waals surface area contributed by atoms with Crippen molar-refractivity contribution >= 4 is 33.4 Å². The molecule has 0 saturated carbocycles. The van der Waals surface area contributed by atoms with Crippen LogP contribution in [0.3, 0.4) is 0 Å². The van der Waals surface area contributed by atoms with Crippen molar-refractivity contribution in [2.75, 3.05) is 44.7 Å². The normalized spacial score (nSPS) is 18.9. The van der Waals surface area contributed by atoms with Gasteiger partial charge in [-0.25, -0.2) is 4.98 Å². The highest BCUT2D eigenvalue weighted by atomic mass is 16.5. The molecule has 2 aliphatic heterocycles. The number of piperazine rings is 1. The Balaban J connectivity index is 1.43. The number of benzene rings is 2. The van der Waals surface area contributed by atoms with Gasteiger partial charge in [-0.05, 0) is 55.6 Å². The molecule has 6 rings (SSSR count). The fourth-order valence-corrected chi connectivity index (χ4v) is 6.34. The number of ether oxygens (including phenoxy) is 1. The van der Waals surface area contributed by atoms with Crippen molar-refractivity contribution in [3.8, 4) is 29.1 Å².